The molecule has 0 spiro atoms. The number of thioether (sulfide) groups is 1. The van der Waals surface area contributed by atoms with Crippen LogP contribution in [0.25, 0.3) is 0 Å². The predicted octanol–water partition coefficient (Wildman–Crippen LogP) is 1.54. The zero-order chi connectivity index (χ0) is 12.0. The number of rotatable bonds is 5. The van der Waals surface area contributed by atoms with E-state index in [4.69, 9.17) is 5.73 Å². The molecule has 0 bridgehead atoms. The number of carbonyl (C=O) groups excluding carboxylic acids is 1. The lowest BCUT2D eigenvalue weighted by Gasteiger charge is -2.09. The Morgan fingerprint density at radius 2 is 2.44 bits per heavy atom. The summed E-state index contributed by atoms with van der Waals surface area (Å²) in [6.07, 6.45) is 6.07. The number of carbonyl (C=O) groups is 1. The molecular weight excluding hydrogens is 222 g/mol. The summed E-state index contributed by atoms with van der Waals surface area (Å²) in [4.78, 5) is 15.6. The van der Waals surface area contributed by atoms with Gasteiger partial charge in [0.15, 0.2) is 0 Å². The van der Waals surface area contributed by atoms with Crippen LogP contribution < -0.4 is 11.1 Å². The van der Waals surface area contributed by atoms with Crippen LogP contribution in [0, 0.1) is 0 Å². The Bertz CT molecular complexity index is 357. The van der Waals surface area contributed by atoms with Crippen LogP contribution in [-0.4, -0.2) is 28.9 Å². The van der Waals surface area contributed by atoms with Crippen LogP contribution in [0.5, 0.6) is 0 Å². The molecule has 0 aliphatic carbocycles. The van der Waals surface area contributed by atoms with Crippen LogP contribution in [0.1, 0.15) is 23.7 Å². The van der Waals surface area contributed by atoms with Crippen LogP contribution in [0.4, 0.5) is 5.69 Å². The van der Waals surface area contributed by atoms with Gasteiger partial charge < -0.3 is 11.1 Å². The van der Waals surface area contributed by atoms with Crippen molar-refractivity contribution in [3.8, 4) is 0 Å². The van der Waals surface area contributed by atoms with Gasteiger partial charge >= 0.3 is 0 Å². The lowest BCUT2D eigenvalue weighted by molar-refractivity contribution is 0.0954. The molecule has 5 heteroatoms. The number of hydrogen-bond donors (Lipinski definition) is 2. The Morgan fingerprint density at radius 1 is 1.69 bits per heavy atom. The number of nitrogens with two attached hydrogens (primary N) is 1. The first-order valence-electron chi connectivity index (χ1n) is 5.15. The van der Waals surface area contributed by atoms with Crippen molar-refractivity contribution in [1.82, 2.24) is 10.3 Å². The zero-order valence-electron chi connectivity index (χ0n) is 9.56. The highest BCUT2D eigenvalue weighted by molar-refractivity contribution is 7.99. The highest BCUT2D eigenvalue weighted by Gasteiger charge is 2.09. The van der Waals surface area contributed by atoms with E-state index >= 15 is 0 Å². The van der Waals surface area contributed by atoms with Gasteiger partial charge in [0.2, 0.25) is 0 Å². The SMILES string of the molecule is CSC(C)CCNC(=O)c1cnccc1N. The second-order valence-electron chi connectivity index (χ2n) is 3.55. The number of nitrogens with one attached hydrogen (secondary N) is 1. The monoisotopic (exact) mass is 239 g/mol. The van der Waals surface area contributed by atoms with Gasteiger partial charge in [-0.25, -0.2) is 0 Å². The lowest BCUT2D eigenvalue weighted by Crippen LogP contribution is -2.26. The molecule has 1 amide bonds. The van der Waals surface area contributed by atoms with Crippen molar-refractivity contribution >= 4 is 23.4 Å². The summed E-state index contributed by atoms with van der Waals surface area (Å²) in [5.41, 5.74) is 6.58. The highest BCUT2D eigenvalue weighted by atomic mass is 32.2. The third kappa shape index (κ3) is 3.73. The fourth-order valence-electron chi connectivity index (χ4n) is 1.20. The molecule has 1 atom stereocenters. The standard InChI is InChI=1S/C11H17N3OS/c1-8(16-2)3-6-14-11(15)9-7-13-5-4-10(9)12/h4-5,7-8H,3,6H2,1-2H3,(H2,12,13)(H,14,15). The first kappa shape index (κ1) is 12.8. The largest absolute Gasteiger partial charge is 0.398 e. The minimum absolute atomic E-state index is 0.154. The Hall–Kier alpha value is -1.23. The Kier molecular flexibility index (Phi) is 5.11. The zero-order valence-corrected chi connectivity index (χ0v) is 10.4. The van der Waals surface area contributed by atoms with E-state index in [0.29, 0.717) is 23.0 Å². The minimum atomic E-state index is -0.154. The van der Waals surface area contributed by atoms with Gasteiger partial charge in [0.05, 0.1) is 5.56 Å². The number of aromatic nitrogens is 1. The lowest BCUT2D eigenvalue weighted by atomic mass is 10.2. The predicted molar refractivity (Wildman–Crippen MR) is 68.6 cm³/mol. The number of nitrogens with zero attached hydrogens (tertiary/aromatic N) is 1. The molecule has 0 aliphatic heterocycles. The summed E-state index contributed by atoms with van der Waals surface area (Å²) >= 11 is 1.79. The average molecular weight is 239 g/mol. The third-order valence-electron chi connectivity index (χ3n) is 2.34. The Morgan fingerprint density at radius 3 is 3.06 bits per heavy atom. The van der Waals surface area contributed by atoms with Crippen molar-refractivity contribution < 1.29 is 4.79 Å². The maximum absolute atomic E-state index is 11.7. The average Bonchev–Trinajstić information content (AvgIpc) is 2.29. The fourth-order valence-corrected chi connectivity index (χ4v) is 1.55. The number of pyridine rings is 1. The van der Waals surface area contributed by atoms with Crippen LogP contribution in [0.2, 0.25) is 0 Å². The molecule has 1 rings (SSSR count). The molecule has 88 valence electrons. The number of anilines is 1. The van der Waals surface area contributed by atoms with Crippen molar-refractivity contribution in [3.05, 3.63) is 24.0 Å². The van der Waals surface area contributed by atoms with E-state index in [-0.39, 0.29) is 5.91 Å². The van der Waals surface area contributed by atoms with Gasteiger partial charge in [0.1, 0.15) is 0 Å². The van der Waals surface area contributed by atoms with E-state index in [0.717, 1.165) is 6.42 Å². The van der Waals surface area contributed by atoms with Crippen LogP contribution in [0.3, 0.4) is 0 Å². The molecule has 0 aromatic carbocycles. The van der Waals surface area contributed by atoms with Crippen molar-refractivity contribution in [2.75, 3.05) is 18.5 Å². The minimum Gasteiger partial charge on any atom is -0.398 e. The second kappa shape index (κ2) is 6.37. The molecule has 0 saturated heterocycles. The van der Waals surface area contributed by atoms with E-state index in [1.165, 1.54) is 6.20 Å². The van der Waals surface area contributed by atoms with Crippen LogP contribution in [-0.2, 0) is 0 Å². The second-order valence-corrected chi connectivity index (χ2v) is 4.83. The molecular formula is C11H17N3OS. The van der Waals surface area contributed by atoms with Gasteiger partial charge in [0.25, 0.3) is 5.91 Å². The molecule has 0 aliphatic rings. The summed E-state index contributed by atoms with van der Waals surface area (Å²) in [6, 6.07) is 1.62. The Labute approximate surface area is 100 Å². The molecule has 0 radical (unpaired) electrons. The maximum atomic E-state index is 11.7. The molecule has 3 N–H and O–H groups in total. The summed E-state index contributed by atoms with van der Waals surface area (Å²) in [6.45, 7) is 2.80. The fraction of sp³-hybridized carbons (Fsp3) is 0.455. The number of nitrogen functional groups attached to an aromatic ring is 1. The summed E-state index contributed by atoms with van der Waals surface area (Å²) in [5, 5.41) is 3.38. The topological polar surface area (TPSA) is 68.0 Å². The van der Waals surface area contributed by atoms with Crippen molar-refractivity contribution in [1.29, 1.82) is 0 Å². The van der Waals surface area contributed by atoms with Gasteiger partial charge in [0, 0.05) is 29.9 Å². The first-order valence-corrected chi connectivity index (χ1v) is 6.44. The van der Waals surface area contributed by atoms with Crippen LogP contribution >= 0.6 is 11.8 Å². The number of amides is 1. The van der Waals surface area contributed by atoms with Gasteiger partial charge in [-0.05, 0) is 18.7 Å². The van der Waals surface area contributed by atoms with Crippen LogP contribution in [0.15, 0.2) is 18.5 Å². The van der Waals surface area contributed by atoms with E-state index in [1.807, 2.05) is 0 Å². The smallest absolute Gasteiger partial charge is 0.254 e. The van der Waals surface area contributed by atoms with Crippen molar-refractivity contribution in [3.63, 3.8) is 0 Å². The molecule has 0 fully saturated rings. The van der Waals surface area contributed by atoms with Gasteiger partial charge in [-0.1, -0.05) is 6.92 Å². The first-order chi connectivity index (χ1) is 7.65. The Balaban J connectivity index is 2.44. The van der Waals surface area contributed by atoms with E-state index in [9.17, 15) is 4.79 Å². The van der Waals surface area contributed by atoms with E-state index < -0.39 is 0 Å². The normalized spacial score (nSPS) is 12.1. The van der Waals surface area contributed by atoms with E-state index in [2.05, 4.69) is 23.5 Å². The maximum Gasteiger partial charge on any atom is 0.254 e. The molecule has 16 heavy (non-hydrogen) atoms. The molecule has 4 nitrogen and oxygen atoms in total. The quantitative estimate of drug-likeness (QED) is 0.817. The molecule has 1 heterocycles. The van der Waals surface area contributed by atoms with Crippen molar-refractivity contribution in [2.24, 2.45) is 0 Å². The summed E-state index contributed by atoms with van der Waals surface area (Å²) in [5.74, 6) is -0.154. The highest BCUT2D eigenvalue weighted by Crippen LogP contribution is 2.10. The molecule has 1 aromatic heterocycles. The third-order valence-corrected chi connectivity index (χ3v) is 3.38. The van der Waals surface area contributed by atoms with Gasteiger partial charge in [-0.2, -0.15) is 11.8 Å². The number of hydrogen-bond acceptors (Lipinski definition) is 4. The van der Waals surface area contributed by atoms with Gasteiger partial charge in [-0.3, -0.25) is 9.78 Å². The summed E-state index contributed by atoms with van der Waals surface area (Å²) in [7, 11) is 0. The van der Waals surface area contributed by atoms with E-state index in [1.54, 1.807) is 24.0 Å². The molecule has 0 saturated carbocycles. The summed E-state index contributed by atoms with van der Waals surface area (Å²) < 4.78 is 0. The van der Waals surface area contributed by atoms with Gasteiger partial charge in [-0.15, -0.1) is 0 Å². The molecule has 1 unspecified atom stereocenters. The van der Waals surface area contributed by atoms with Crippen molar-refractivity contribution in [2.45, 2.75) is 18.6 Å². The molecule has 1 aromatic rings.